The molecule has 1 heterocycles. The molecule has 3 aromatic carbocycles. The minimum Gasteiger partial charge on any atom is -0.352 e. The highest BCUT2D eigenvalue weighted by molar-refractivity contribution is 6.30. The number of amides is 1. The number of carbonyl (C=O) groups is 1. The molecule has 0 fully saturated rings. The summed E-state index contributed by atoms with van der Waals surface area (Å²) in [6, 6.07) is 23.4. The average Bonchev–Trinajstić information content (AvgIpc) is 3.07. The van der Waals surface area contributed by atoms with Gasteiger partial charge in [-0.3, -0.25) is 4.79 Å². The number of aromatic nitrogens is 2. The summed E-state index contributed by atoms with van der Waals surface area (Å²) in [6.45, 7) is 3.40. The van der Waals surface area contributed by atoms with Crippen LogP contribution < -0.4 is 5.32 Å². The average molecular weight is 404 g/mol. The van der Waals surface area contributed by atoms with Crippen molar-refractivity contribution < 1.29 is 4.79 Å². The number of halogens is 1. The highest BCUT2D eigenvalue weighted by Gasteiger charge is 2.12. The topological polar surface area (TPSA) is 46.9 Å². The second-order valence-corrected chi connectivity index (χ2v) is 7.48. The van der Waals surface area contributed by atoms with E-state index in [1.165, 1.54) is 11.1 Å². The smallest absolute Gasteiger partial charge is 0.251 e. The van der Waals surface area contributed by atoms with Crippen molar-refractivity contribution in [1.82, 2.24) is 14.9 Å². The fraction of sp³-hybridized carbons (Fsp3) is 0.167. The van der Waals surface area contributed by atoms with Crippen molar-refractivity contribution in [2.24, 2.45) is 0 Å². The molecule has 1 N–H and O–H groups in total. The molecule has 4 rings (SSSR count). The molecule has 0 unspecified atom stereocenters. The van der Waals surface area contributed by atoms with E-state index in [0.29, 0.717) is 23.6 Å². The van der Waals surface area contributed by atoms with Crippen LogP contribution in [0.2, 0.25) is 5.02 Å². The van der Waals surface area contributed by atoms with Crippen molar-refractivity contribution in [3.63, 3.8) is 0 Å². The molecule has 1 aromatic heterocycles. The van der Waals surface area contributed by atoms with Crippen LogP contribution in [-0.4, -0.2) is 22.0 Å². The van der Waals surface area contributed by atoms with Crippen molar-refractivity contribution in [2.75, 3.05) is 6.54 Å². The van der Waals surface area contributed by atoms with Crippen LogP contribution in [0.1, 0.15) is 27.3 Å². The number of rotatable bonds is 6. The van der Waals surface area contributed by atoms with Crippen molar-refractivity contribution in [3.05, 3.63) is 100 Å². The first-order chi connectivity index (χ1) is 14.1. The molecule has 5 heteroatoms. The number of fused-ring (bicyclic) bond motifs is 1. The Bertz CT molecular complexity index is 1150. The second kappa shape index (κ2) is 8.50. The van der Waals surface area contributed by atoms with Gasteiger partial charge >= 0.3 is 0 Å². The predicted molar refractivity (Wildman–Crippen MR) is 118 cm³/mol. The summed E-state index contributed by atoms with van der Waals surface area (Å²) in [5.41, 5.74) is 5.20. The zero-order chi connectivity index (χ0) is 20.2. The third kappa shape index (κ3) is 4.33. The maximum absolute atomic E-state index is 12.4. The number of hydrogen-bond acceptors (Lipinski definition) is 2. The molecule has 0 atom stereocenters. The number of carbonyl (C=O) groups excluding carboxylic acids is 1. The largest absolute Gasteiger partial charge is 0.352 e. The fourth-order valence-electron chi connectivity index (χ4n) is 3.44. The Kier molecular flexibility index (Phi) is 5.63. The SMILES string of the molecule is Cc1ccccc1Cn1c(CCNC(=O)c2ccc(Cl)cc2)nc2ccccc21. The summed E-state index contributed by atoms with van der Waals surface area (Å²) in [5, 5.41) is 3.60. The summed E-state index contributed by atoms with van der Waals surface area (Å²) in [6.07, 6.45) is 0.653. The molecule has 0 saturated heterocycles. The zero-order valence-corrected chi connectivity index (χ0v) is 17.0. The second-order valence-electron chi connectivity index (χ2n) is 7.04. The van der Waals surface area contributed by atoms with E-state index in [-0.39, 0.29) is 5.91 Å². The first-order valence-corrected chi connectivity index (χ1v) is 10.0. The first-order valence-electron chi connectivity index (χ1n) is 9.64. The van der Waals surface area contributed by atoms with Crippen molar-refractivity contribution >= 4 is 28.5 Å². The Labute approximate surface area is 175 Å². The number of benzene rings is 3. The van der Waals surface area contributed by atoms with Crippen LogP contribution in [0, 0.1) is 6.92 Å². The van der Waals surface area contributed by atoms with Gasteiger partial charge < -0.3 is 9.88 Å². The van der Waals surface area contributed by atoms with Crippen LogP contribution in [0.5, 0.6) is 0 Å². The van der Waals surface area contributed by atoms with Crippen LogP contribution in [0.3, 0.4) is 0 Å². The Balaban J connectivity index is 1.53. The van der Waals surface area contributed by atoms with Crippen molar-refractivity contribution in [3.8, 4) is 0 Å². The van der Waals surface area contributed by atoms with E-state index in [9.17, 15) is 4.79 Å². The molecule has 1 amide bonds. The molecule has 29 heavy (non-hydrogen) atoms. The predicted octanol–water partition coefficient (Wildman–Crippen LogP) is 5.02. The van der Waals surface area contributed by atoms with Crippen LogP contribution >= 0.6 is 11.6 Å². The lowest BCUT2D eigenvalue weighted by Gasteiger charge is -2.12. The minimum absolute atomic E-state index is 0.108. The number of nitrogens with zero attached hydrogens (tertiary/aromatic N) is 2. The van der Waals surface area contributed by atoms with Crippen LogP contribution in [0.25, 0.3) is 11.0 Å². The maximum Gasteiger partial charge on any atom is 0.251 e. The zero-order valence-electron chi connectivity index (χ0n) is 16.2. The summed E-state index contributed by atoms with van der Waals surface area (Å²) in [4.78, 5) is 17.2. The Morgan fingerprint density at radius 3 is 2.52 bits per heavy atom. The molecule has 0 aliphatic heterocycles. The van der Waals surface area contributed by atoms with Gasteiger partial charge in [0.25, 0.3) is 5.91 Å². The van der Waals surface area contributed by atoms with Gasteiger partial charge in [-0.05, 0) is 54.4 Å². The molecule has 146 valence electrons. The number of imidazole rings is 1. The number of nitrogens with one attached hydrogen (secondary N) is 1. The molecule has 0 aliphatic rings. The quantitative estimate of drug-likeness (QED) is 0.491. The minimum atomic E-state index is -0.108. The lowest BCUT2D eigenvalue weighted by atomic mass is 10.1. The molecule has 0 spiro atoms. The molecular formula is C24H22ClN3O. The van der Waals surface area contributed by atoms with Gasteiger partial charge in [0.15, 0.2) is 0 Å². The van der Waals surface area contributed by atoms with E-state index in [1.54, 1.807) is 24.3 Å². The van der Waals surface area contributed by atoms with Gasteiger partial charge in [0.2, 0.25) is 0 Å². The summed E-state index contributed by atoms with van der Waals surface area (Å²) >= 11 is 5.89. The van der Waals surface area contributed by atoms with Crippen molar-refractivity contribution in [1.29, 1.82) is 0 Å². The molecule has 0 saturated carbocycles. The van der Waals surface area contributed by atoms with Gasteiger partial charge in [0.05, 0.1) is 11.0 Å². The van der Waals surface area contributed by atoms with Gasteiger partial charge in [0.1, 0.15) is 5.82 Å². The maximum atomic E-state index is 12.4. The third-order valence-electron chi connectivity index (χ3n) is 5.06. The van der Waals surface area contributed by atoms with Gasteiger partial charge in [-0.15, -0.1) is 0 Å². The molecule has 0 radical (unpaired) electrons. The third-order valence-corrected chi connectivity index (χ3v) is 5.32. The highest BCUT2D eigenvalue weighted by Crippen LogP contribution is 2.19. The summed E-state index contributed by atoms with van der Waals surface area (Å²) in [7, 11) is 0. The number of para-hydroxylation sites is 2. The van der Waals surface area contributed by atoms with Crippen LogP contribution in [0.4, 0.5) is 0 Å². The molecule has 4 aromatic rings. The summed E-state index contributed by atoms with van der Waals surface area (Å²) in [5.74, 6) is 0.856. The van der Waals surface area contributed by atoms with Gasteiger partial charge in [-0.2, -0.15) is 0 Å². The Morgan fingerprint density at radius 1 is 1.00 bits per heavy atom. The lowest BCUT2D eigenvalue weighted by molar-refractivity contribution is 0.0954. The van der Waals surface area contributed by atoms with E-state index in [4.69, 9.17) is 16.6 Å². The van der Waals surface area contributed by atoms with Gasteiger partial charge in [-0.1, -0.05) is 48.0 Å². The monoisotopic (exact) mass is 403 g/mol. The van der Waals surface area contributed by atoms with E-state index >= 15 is 0 Å². The molecule has 4 nitrogen and oxygen atoms in total. The van der Waals surface area contributed by atoms with Gasteiger partial charge in [0, 0.05) is 30.1 Å². The first kappa shape index (κ1) is 19.2. The number of aryl methyl sites for hydroxylation is 1. The van der Waals surface area contributed by atoms with E-state index in [2.05, 4.69) is 47.1 Å². The molecule has 0 bridgehead atoms. The Hall–Kier alpha value is -3.11. The van der Waals surface area contributed by atoms with Crippen molar-refractivity contribution in [2.45, 2.75) is 19.9 Å². The highest BCUT2D eigenvalue weighted by atomic mass is 35.5. The molecule has 0 aliphatic carbocycles. The van der Waals surface area contributed by atoms with Crippen LogP contribution in [-0.2, 0) is 13.0 Å². The fourth-order valence-corrected chi connectivity index (χ4v) is 3.57. The lowest BCUT2D eigenvalue weighted by Crippen LogP contribution is -2.26. The van der Waals surface area contributed by atoms with E-state index < -0.39 is 0 Å². The Morgan fingerprint density at radius 2 is 1.72 bits per heavy atom. The van der Waals surface area contributed by atoms with E-state index in [1.807, 2.05) is 18.2 Å². The summed E-state index contributed by atoms with van der Waals surface area (Å²) < 4.78 is 2.24. The molecular weight excluding hydrogens is 382 g/mol. The van der Waals surface area contributed by atoms with E-state index in [0.717, 1.165) is 23.4 Å². The number of hydrogen-bond donors (Lipinski definition) is 1. The standard InChI is InChI=1S/C24H22ClN3O/c1-17-6-2-3-7-19(17)16-28-22-9-5-4-8-21(22)27-23(28)14-15-26-24(29)18-10-12-20(25)13-11-18/h2-13H,14-16H2,1H3,(H,26,29). The normalized spacial score (nSPS) is 11.0. The van der Waals surface area contributed by atoms with Gasteiger partial charge in [-0.25, -0.2) is 4.98 Å². The van der Waals surface area contributed by atoms with Crippen LogP contribution in [0.15, 0.2) is 72.8 Å².